The minimum absolute atomic E-state index is 0.0859. The molecule has 0 spiro atoms. The molecule has 1 heterocycles. The Labute approximate surface area is 154 Å². The van der Waals surface area contributed by atoms with Crippen LogP contribution < -0.4 is 5.32 Å². The Bertz CT molecular complexity index is 969. The number of amides is 1. The van der Waals surface area contributed by atoms with Crippen LogP contribution in [0.2, 0.25) is 5.02 Å². The Hall–Kier alpha value is -2.73. The molecule has 1 amide bonds. The van der Waals surface area contributed by atoms with Crippen LogP contribution in [0.5, 0.6) is 0 Å². The van der Waals surface area contributed by atoms with E-state index in [4.69, 9.17) is 16.1 Å². The highest BCUT2D eigenvalue weighted by molar-refractivity contribution is 6.30. The average molecular weight is 372 g/mol. The molecule has 1 aromatic heterocycles. The van der Waals surface area contributed by atoms with E-state index in [-0.39, 0.29) is 24.2 Å². The molecule has 1 aliphatic carbocycles. The molecule has 0 saturated heterocycles. The molecule has 132 valence electrons. The standard InChI is InChI=1S/C19H15ClFN3O2/c20-13-5-3-4-12(10-13)17-23-16(26-24-17)11-22-18(25)19(8-9-19)14-6-1-2-7-15(14)21/h1-7,10H,8-9,11H2,(H,22,25). The maximum Gasteiger partial charge on any atom is 0.246 e. The van der Waals surface area contributed by atoms with E-state index in [1.165, 1.54) is 6.07 Å². The first-order valence-corrected chi connectivity index (χ1v) is 8.58. The van der Waals surface area contributed by atoms with Crippen LogP contribution >= 0.6 is 11.6 Å². The molecule has 0 bridgehead atoms. The molecular weight excluding hydrogens is 357 g/mol. The molecule has 4 rings (SSSR count). The van der Waals surface area contributed by atoms with Gasteiger partial charge in [0.1, 0.15) is 5.82 Å². The molecule has 0 radical (unpaired) electrons. The highest BCUT2D eigenvalue weighted by Crippen LogP contribution is 2.49. The van der Waals surface area contributed by atoms with E-state index >= 15 is 0 Å². The number of carbonyl (C=O) groups is 1. The van der Waals surface area contributed by atoms with Gasteiger partial charge in [-0.15, -0.1) is 0 Å². The number of aromatic nitrogens is 2. The van der Waals surface area contributed by atoms with Gasteiger partial charge in [0.25, 0.3) is 0 Å². The van der Waals surface area contributed by atoms with Crippen molar-refractivity contribution in [2.45, 2.75) is 24.8 Å². The fraction of sp³-hybridized carbons (Fsp3) is 0.211. The molecule has 2 aromatic carbocycles. The molecule has 0 aliphatic heterocycles. The fourth-order valence-corrected chi connectivity index (χ4v) is 3.18. The van der Waals surface area contributed by atoms with Gasteiger partial charge >= 0.3 is 0 Å². The van der Waals surface area contributed by atoms with Crippen molar-refractivity contribution in [1.29, 1.82) is 0 Å². The van der Waals surface area contributed by atoms with Crippen molar-refractivity contribution in [1.82, 2.24) is 15.5 Å². The molecule has 0 unspecified atom stereocenters. The third-order valence-corrected chi connectivity index (χ3v) is 4.76. The number of nitrogens with zero attached hydrogens (tertiary/aromatic N) is 2. The van der Waals surface area contributed by atoms with Gasteiger partial charge < -0.3 is 9.84 Å². The van der Waals surface area contributed by atoms with Crippen LogP contribution in [0.1, 0.15) is 24.3 Å². The number of benzene rings is 2. The maximum absolute atomic E-state index is 14.0. The van der Waals surface area contributed by atoms with Crippen LogP contribution in [-0.4, -0.2) is 16.0 Å². The molecule has 26 heavy (non-hydrogen) atoms. The van der Waals surface area contributed by atoms with Crippen molar-refractivity contribution in [2.75, 3.05) is 0 Å². The van der Waals surface area contributed by atoms with Crippen molar-refractivity contribution in [3.63, 3.8) is 0 Å². The first-order chi connectivity index (χ1) is 12.6. The first-order valence-electron chi connectivity index (χ1n) is 8.20. The lowest BCUT2D eigenvalue weighted by Gasteiger charge is -2.15. The predicted octanol–water partition coefficient (Wildman–Crippen LogP) is 3.88. The van der Waals surface area contributed by atoms with Gasteiger partial charge in [-0.1, -0.05) is 47.1 Å². The van der Waals surface area contributed by atoms with Crippen LogP contribution in [0.4, 0.5) is 4.39 Å². The van der Waals surface area contributed by atoms with E-state index in [0.29, 0.717) is 29.3 Å². The summed E-state index contributed by atoms with van der Waals surface area (Å²) in [5, 5.41) is 7.25. The molecular formula is C19H15ClFN3O2. The molecule has 1 fully saturated rings. The summed E-state index contributed by atoms with van der Waals surface area (Å²) in [6.45, 7) is 0.0859. The summed E-state index contributed by atoms with van der Waals surface area (Å²) in [5.74, 6) is 0.0796. The van der Waals surface area contributed by atoms with Crippen molar-refractivity contribution >= 4 is 17.5 Å². The summed E-state index contributed by atoms with van der Waals surface area (Å²) < 4.78 is 19.2. The quantitative estimate of drug-likeness (QED) is 0.739. The highest BCUT2D eigenvalue weighted by atomic mass is 35.5. The summed E-state index contributed by atoms with van der Waals surface area (Å²) in [6, 6.07) is 13.5. The Morgan fingerprint density at radius 3 is 2.77 bits per heavy atom. The molecule has 7 heteroatoms. The highest BCUT2D eigenvalue weighted by Gasteiger charge is 2.52. The van der Waals surface area contributed by atoms with E-state index < -0.39 is 5.41 Å². The SMILES string of the molecule is O=C(NCc1nc(-c2cccc(Cl)c2)no1)C1(c2ccccc2F)CC1. The van der Waals surface area contributed by atoms with Gasteiger partial charge in [0.15, 0.2) is 0 Å². The van der Waals surface area contributed by atoms with Gasteiger partial charge in [0.05, 0.1) is 12.0 Å². The monoisotopic (exact) mass is 371 g/mol. The van der Waals surface area contributed by atoms with E-state index in [1.54, 1.807) is 36.4 Å². The zero-order valence-electron chi connectivity index (χ0n) is 13.7. The molecule has 5 nitrogen and oxygen atoms in total. The fourth-order valence-electron chi connectivity index (χ4n) is 2.99. The van der Waals surface area contributed by atoms with Crippen LogP contribution in [0.25, 0.3) is 11.4 Å². The average Bonchev–Trinajstić information content (AvgIpc) is 3.31. The third kappa shape index (κ3) is 3.08. The molecule has 1 saturated carbocycles. The smallest absolute Gasteiger partial charge is 0.246 e. The van der Waals surface area contributed by atoms with Crippen LogP contribution in [-0.2, 0) is 16.8 Å². The van der Waals surface area contributed by atoms with Crippen LogP contribution in [0.3, 0.4) is 0 Å². The first kappa shape index (κ1) is 16.7. The summed E-state index contributed by atoms with van der Waals surface area (Å²) in [6.07, 6.45) is 1.24. The number of rotatable bonds is 5. The molecule has 0 atom stereocenters. The number of hydrogen-bond acceptors (Lipinski definition) is 4. The van der Waals surface area contributed by atoms with E-state index in [9.17, 15) is 9.18 Å². The van der Waals surface area contributed by atoms with Crippen molar-refractivity contribution in [2.24, 2.45) is 0 Å². The lowest BCUT2D eigenvalue weighted by atomic mass is 9.94. The topological polar surface area (TPSA) is 68.0 Å². The normalized spacial score (nSPS) is 14.8. The summed E-state index contributed by atoms with van der Waals surface area (Å²) in [4.78, 5) is 16.9. The van der Waals surface area contributed by atoms with Crippen molar-refractivity contribution in [3.8, 4) is 11.4 Å². The minimum Gasteiger partial charge on any atom is -0.346 e. The molecule has 1 aliphatic rings. The van der Waals surface area contributed by atoms with Gasteiger partial charge in [-0.05, 0) is 31.0 Å². The number of hydrogen-bond donors (Lipinski definition) is 1. The van der Waals surface area contributed by atoms with E-state index in [2.05, 4.69) is 15.5 Å². The molecule has 3 aromatic rings. The summed E-state index contributed by atoms with van der Waals surface area (Å²) in [5.41, 5.74) is 0.368. The Balaban J connectivity index is 1.45. The third-order valence-electron chi connectivity index (χ3n) is 4.53. The van der Waals surface area contributed by atoms with Crippen LogP contribution in [0, 0.1) is 5.82 Å². The molecule has 1 N–H and O–H groups in total. The van der Waals surface area contributed by atoms with Gasteiger partial charge in [-0.25, -0.2) is 4.39 Å². The summed E-state index contributed by atoms with van der Waals surface area (Å²) >= 11 is 5.96. The second-order valence-corrected chi connectivity index (χ2v) is 6.70. The second kappa shape index (κ2) is 6.53. The minimum atomic E-state index is -0.791. The lowest BCUT2D eigenvalue weighted by Crippen LogP contribution is -2.35. The Morgan fingerprint density at radius 1 is 1.23 bits per heavy atom. The Kier molecular flexibility index (Phi) is 4.20. The predicted molar refractivity (Wildman–Crippen MR) is 93.9 cm³/mol. The number of halogens is 2. The van der Waals surface area contributed by atoms with Crippen molar-refractivity contribution in [3.05, 3.63) is 70.8 Å². The zero-order valence-corrected chi connectivity index (χ0v) is 14.5. The van der Waals surface area contributed by atoms with Gasteiger partial charge in [0.2, 0.25) is 17.6 Å². The zero-order chi connectivity index (χ0) is 18.1. The summed E-state index contributed by atoms with van der Waals surface area (Å²) in [7, 11) is 0. The second-order valence-electron chi connectivity index (χ2n) is 6.27. The lowest BCUT2D eigenvalue weighted by molar-refractivity contribution is -0.123. The Morgan fingerprint density at radius 2 is 2.04 bits per heavy atom. The van der Waals surface area contributed by atoms with Crippen LogP contribution in [0.15, 0.2) is 53.1 Å². The van der Waals surface area contributed by atoms with Gasteiger partial charge in [0, 0.05) is 16.1 Å². The van der Waals surface area contributed by atoms with E-state index in [1.807, 2.05) is 6.07 Å². The number of nitrogens with one attached hydrogen (secondary N) is 1. The van der Waals surface area contributed by atoms with Gasteiger partial charge in [-0.3, -0.25) is 4.79 Å². The number of carbonyl (C=O) groups excluding carboxylic acids is 1. The van der Waals surface area contributed by atoms with Crippen molar-refractivity contribution < 1.29 is 13.7 Å². The maximum atomic E-state index is 14.0. The van der Waals surface area contributed by atoms with E-state index in [0.717, 1.165) is 5.56 Å². The van der Waals surface area contributed by atoms with Gasteiger partial charge in [-0.2, -0.15) is 4.98 Å². The largest absolute Gasteiger partial charge is 0.346 e.